The molecule has 3 nitrogen and oxygen atoms in total. The van der Waals surface area contributed by atoms with Crippen LogP contribution in [0.5, 0.6) is 0 Å². The van der Waals surface area contributed by atoms with Gasteiger partial charge in [0.1, 0.15) is 4.90 Å². The minimum Gasteiger partial charge on any atom is -0.279 e. The molecule has 0 aliphatic carbocycles. The van der Waals surface area contributed by atoms with Gasteiger partial charge in [-0.15, -0.1) is 0 Å². The first-order chi connectivity index (χ1) is 8.90. The molecular formula is C14H14BrNO2S. The van der Waals surface area contributed by atoms with E-state index in [4.69, 9.17) is 0 Å². The van der Waals surface area contributed by atoms with Gasteiger partial charge in [0.05, 0.1) is 5.69 Å². The Labute approximate surface area is 121 Å². The third-order valence-corrected chi connectivity index (χ3v) is 5.14. The van der Waals surface area contributed by atoms with Crippen molar-refractivity contribution in [3.05, 3.63) is 58.1 Å². The molecule has 2 aromatic rings. The van der Waals surface area contributed by atoms with E-state index in [0.717, 1.165) is 11.1 Å². The van der Waals surface area contributed by atoms with E-state index in [1.807, 2.05) is 32.0 Å². The summed E-state index contributed by atoms with van der Waals surface area (Å²) < 4.78 is 27.9. The lowest BCUT2D eigenvalue weighted by Crippen LogP contribution is -2.14. The van der Waals surface area contributed by atoms with Crippen LogP contribution in [0.1, 0.15) is 11.1 Å². The van der Waals surface area contributed by atoms with E-state index >= 15 is 0 Å². The van der Waals surface area contributed by atoms with Crippen LogP contribution in [0.2, 0.25) is 0 Å². The zero-order valence-corrected chi connectivity index (χ0v) is 13.0. The third-order valence-electron chi connectivity index (χ3n) is 2.76. The highest BCUT2D eigenvalue weighted by atomic mass is 79.9. The van der Waals surface area contributed by atoms with Gasteiger partial charge in [0, 0.05) is 4.47 Å². The fraction of sp³-hybridized carbons (Fsp3) is 0.143. The van der Waals surface area contributed by atoms with Gasteiger partial charge in [-0.25, -0.2) is 8.42 Å². The van der Waals surface area contributed by atoms with Gasteiger partial charge >= 0.3 is 0 Å². The highest BCUT2D eigenvalue weighted by molar-refractivity contribution is 9.10. The fourth-order valence-electron chi connectivity index (χ4n) is 1.71. The lowest BCUT2D eigenvalue weighted by atomic mass is 10.1. The molecule has 0 unspecified atom stereocenters. The molecule has 0 saturated heterocycles. The smallest absolute Gasteiger partial charge is 0.263 e. The highest BCUT2D eigenvalue weighted by Crippen LogP contribution is 2.25. The Morgan fingerprint density at radius 1 is 1.05 bits per heavy atom. The summed E-state index contributed by atoms with van der Waals surface area (Å²) >= 11 is 3.26. The quantitative estimate of drug-likeness (QED) is 0.922. The van der Waals surface area contributed by atoms with Gasteiger partial charge in [-0.05, 0) is 59.1 Å². The minimum atomic E-state index is -3.58. The van der Waals surface area contributed by atoms with Crippen molar-refractivity contribution >= 4 is 31.6 Å². The number of benzene rings is 2. The summed E-state index contributed by atoms with van der Waals surface area (Å²) in [5.74, 6) is 0. The van der Waals surface area contributed by atoms with E-state index < -0.39 is 10.0 Å². The van der Waals surface area contributed by atoms with Crippen molar-refractivity contribution in [1.82, 2.24) is 0 Å². The van der Waals surface area contributed by atoms with Crippen LogP contribution in [0.25, 0.3) is 0 Å². The van der Waals surface area contributed by atoms with Gasteiger partial charge in [-0.2, -0.15) is 0 Å². The fourth-order valence-corrected chi connectivity index (χ4v) is 3.83. The van der Waals surface area contributed by atoms with Crippen LogP contribution in [0, 0.1) is 13.8 Å². The van der Waals surface area contributed by atoms with Crippen LogP contribution in [0.15, 0.2) is 51.8 Å². The van der Waals surface area contributed by atoms with Crippen LogP contribution < -0.4 is 4.72 Å². The Hall–Kier alpha value is -1.33. The van der Waals surface area contributed by atoms with Crippen molar-refractivity contribution in [3.8, 4) is 0 Å². The molecule has 5 heteroatoms. The largest absolute Gasteiger partial charge is 0.279 e. The van der Waals surface area contributed by atoms with Crippen molar-refractivity contribution in [2.45, 2.75) is 18.7 Å². The van der Waals surface area contributed by atoms with E-state index in [2.05, 4.69) is 20.7 Å². The molecule has 0 aliphatic rings. The number of aryl methyl sites for hydroxylation is 2. The molecule has 1 N–H and O–H groups in total. The molecule has 0 aliphatic heterocycles. The molecule has 0 atom stereocenters. The summed E-state index contributed by atoms with van der Waals surface area (Å²) in [6.07, 6.45) is 0. The minimum absolute atomic E-state index is 0.232. The van der Waals surface area contributed by atoms with Crippen LogP contribution >= 0.6 is 15.9 Å². The zero-order chi connectivity index (χ0) is 14.0. The highest BCUT2D eigenvalue weighted by Gasteiger charge is 2.17. The number of hydrogen-bond acceptors (Lipinski definition) is 2. The van der Waals surface area contributed by atoms with E-state index in [1.165, 1.54) is 0 Å². The molecule has 0 bridgehead atoms. The van der Waals surface area contributed by atoms with Gasteiger partial charge < -0.3 is 0 Å². The standard InChI is InChI=1S/C14H14BrNO2S/c1-10-7-8-11(2)13(9-10)16-19(17,18)14-6-4-3-5-12(14)15/h3-9,16H,1-2H3. The predicted octanol–water partition coefficient (Wildman–Crippen LogP) is 3.87. The van der Waals surface area contributed by atoms with Crippen molar-refractivity contribution in [3.63, 3.8) is 0 Å². The van der Waals surface area contributed by atoms with Crippen molar-refractivity contribution in [2.24, 2.45) is 0 Å². The number of halogens is 1. The van der Waals surface area contributed by atoms with Crippen LogP contribution in [-0.2, 0) is 10.0 Å². The normalized spacial score (nSPS) is 11.3. The number of nitrogens with one attached hydrogen (secondary N) is 1. The zero-order valence-electron chi connectivity index (χ0n) is 10.6. The van der Waals surface area contributed by atoms with Crippen molar-refractivity contribution in [2.75, 3.05) is 4.72 Å². The second kappa shape index (κ2) is 5.35. The van der Waals surface area contributed by atoms with E-state index in [-0.39, 0.29) is 4.90 Å². The number of rotatable bonds is 3. The molecule has 0 saturated carbocycles. The Morgan fingerprint density at radius 3 is 2.42 bits per heavy atom. The van der Waals surface area contributed by atoms with Gasteiger partial charge in [0.2, 0.25) is 0 Å². The average molecular weight is 340 g/mol. The first-order valence-electron chi connectivity index (χ1n) is 5.75. The maximum absolute atomic E-state index is 12.3. The first kappa shape index (κ1) is 14.1. The second-order valence-corrected chi connectivity index (χ2v) is 6.86. The molecule has 0 amide bonds. The number of hydrogen-bond donors (Lipinski definition) is 1. The summed E-state index contributed by atoms with van der Waals surface area (Å²) in [4.78, 5) is 0.232. The summed E-state index contributed by atoms with van der Waals surface area (Å²) in [6, 6.07) is 12.4. The average Bonchev–Trinajstić information content (AvgIpc) is 2.34. The molecule has 0 fully saturated rings. The molecule has 0 aromatic heterocycles. The molecular weight excluding hydrogens is 326 g/mol. The summed E-state index contributed by atoms with van der Waals surface area (Å²) in [5, 5.41) is 0. The summed E-state index contributed by atoms with van der Waals surface area (Å²) in [5.41, 5.74) is 2.51. The van der Waals surface area contributed by atoms with E-state index in [0.29, 0.717) is 10.2 Å². The Kier molecular flexibility index (Phi) is 3.96. The van der Waals surface area contributed by atoms with Crippen molar-refractivity contribution in [1.29, 1.82) is 0 Å². The molecule has 2 aromatic carbocycles. The molecule has 0 heterocycles. The first-order valence-corrected chi connectivity index (χ1v) is 8.02. The predicted molar refractivity (Wildman–Crippen MR) is 80.9 cm³/mol. The topological polar surface area (TPSA) is 46.2 Å². The van der Waals surface area contributed by atoms with Crippen LogP contribution in [0.4, 0.5) is 5.69 Å². The van der Waals surface area contributed by atoms with Gasteiger partial charge in [-0.1, -0.05) is 24.3 Å². The number of anilines is 1. The molecule has 0 spiro atoms. The van der Waals surface area contributed by atoms with Gasteiger partial charge in [-0.3, -0.25) is 4.72 Å². The Balaban J connectivity index is 2.43. The molecule has 100 valence electrons. The molecule has 0 radical (unpaired) electrons. The molecule has 19 heavy (non-hydrogen) atoms. The van der Waals surface area contributed by atoms with Crippen LogP contribution in [-0.4, -0.2) is 8.42 Å². The van der Waals surface area contributed by atoms with E-state index in [9.17, 15) is 8.42 Å². The number of sulfonamides is 1. The summed E-state index contributed by atoms with van der Waals surface area (Å²) in [6.45, 7) is 3.80. The monoisotopic (exact) mass is 339 g/mol. The van der Waals surface area contributed by atoms with Gasteiger partial charge in [0.25, 0.3) is 10.0 Å². The maximum Gasteiger partial charge on any atom is 0.263 e. The maximum atomic E-state index is 12.3. The lowest BCUT2D eigenvalue weighted by molar-refractivity contribution is 0.600. The lowest BCUT2D eigenvalue weighted by Gasteiger charge is -2.12. The van der Waals surface area contributed by atoms with E-state index in [1.54, 1.807) is 24.3 Å². The Bertz CT molecular complexity index is 711. The Morgan fingerprint density at radius 2 is 1.74 bits per heavy atom. The van der Waals surface area contributed by atoms with Gasteiger partial charge in [0.15, 0.2) is 0 Å². The summed E-state index contributed by atoms with van der Waals surface area (Å²) in [7, 11) is -3.58. The third kappa shape index (κ3) is 3.16. The SMILES string of the molecule is Cc1ccc(C)c(NS(=O)(=O)c2ccccc2Br)c1. The molecule has 2 rings (SSSR count). The van der Waals surface area contributed by atoms with Crippen molar-refractivity contribution < 1.29 is 8.42 Å². The second-order valence-electron chi connectivity index (χ2n) is 4.35. The van der Waals surface area contributed by atoms with Crippen LogP contribution in [0.3, 0.4) is 0 Å².